The standard InChI is InChI=1S/C11H14N2OS2/c1-8-11(16-7-13-8)6-12-5-9(14)10-3-2-4-15-10/h2-4,7,9,12,14H,5-6H2,1H3. The first-order valence-electron chi connectivity index (χ1n) is 5.08. The number of aliphatic hydroxyl groups is 1. The summed E-state index contributed by atoms with van der Waals surface area (Å²) in [4.78, 5) is 6.42. The minimum Gasteiger partial charge on any atom is -0.386 e. The molecule has 0 fully saturated rings. The van der Waals surface area contributed by atoms with Crippen molar-refractivity contribution in [2.75, 3.05) is 6.54 Å². The van der Waals surface area contributed by atoms with Crippen LogP contribution in [0.4, 0.5) is 0 Å². The Morgan fingerprint density at radius 1 is 1.50 bits per heavy atom. The van der Waals surface area contributed by atoms with Crippen LogP contribution in [-0.4, -0.2) is 16.6 Å². The molecular weight excluding hydrogens is 240 g/mol. The number of aryl methyl sites for hydroxylation is 1. The SMILES string of the molecule is Cc1ncsc1CNCC(O)c1cccs1. The van der Waals surface area contributed by atoms with Crippen molar-refractivity contribution in [3.63, 3.8) is 0 Å². The molecule has 0 aliphatic rings. The van der Waals surface area contributed by atoms with Crippen LogP contribution in [0, 0.1) is 6.92 Å². The maximum absolute atomic E-state index is 9.84. The van der Waals surface area contributed by atoms with Crippen LogP contribution >= 0.6 is 22.7 Å². The fourth-order valence-corrected chi connectivity index (χ4v) is 2.86. The van der Waals surface area contributed by atoms with E-state index in [0.717, 1.165) is 17.1 Å². The average Bonchev–Trinajstić information content (AvgIpc) is 2.90. The van der Waals surface area contributed by atoms with Gasteiger partial charge in [0.25, 0.3) is 0 Å². The van der Waals surface area contributed by atoms with Gasteiger partial charge in [-0.25, -0.2) is 4.98 Å². The predicted octanol–water partition coefficient (Wildman–Crippen LogP) is 2.34. The van der Waals surface area contributed by atoms with Crippen LogP contribution in [0.15, 0.2) is 23.0 Å². The zero-order chi connectivity index (χ0) is 11.4. The van der Waals surface area contributed by atoms with Crippen LogP contribution in [0.3, 0.4) is 0 Å². The lowest BCUT2D eigenvalue weighted by molar-refractivity contribution is 0.178. The third kappa shape index (κ3) is 2.89. The summed E-state index contributed by atoms with van der Waals surface area (Å²) in [5.74, 6) is 0. The van der Waals surface area contributed by atoms with Gasteiger partial charge in [-0.2, -0.15) is 0 Å². The van der Waals surface area contributed by atoms with Gasteiger partial charge in [0.2, 0.25) is 0 Å². The molecule has 86 valence electrons. The van der Waals surface area contributed by atoms with E-state index in [2.05, 4.69) is 10.3 Å². The Kier molecular flexibility index (Phi) is 4.06. The van der Waals surface area contributed by atoms with Crippen molar-refractivity contribution < 1.29 is 5.11 Å². The zero-order valence-corrected chi connectivity index (χ0v) is 10.6. The quantitative estimate of drug-likeness (QED) is 0.861. The van der Waals surface area contributed by atoms with Gasteiger partial charge in [-0.05, 0) is 18.4 Å². The highest BCUT2D eigenvalue weighted by Crippen LogP contribution is 2.18. The summed E-state index contributed by atoms with van der Waals surface area (Å²) >= 11 is 3.23. The summed E-state index contributed by atoms with van der Waals surface area (Å²) < 4.78 is 0. The fraction of sp³-hybridized carbons (Fsp3) is 0.364. The maximum Gasteiger partial charge on any atom is 0.101 e. The number of aromatic nitrogens is 1. The van der Waals surface area contributed by atoms with Gasteiger partial charge in [0.15, 0.2) is 0 Å². The summed E-state index contributed by atoms with van der Waals surface area (Å²) in [6.07, 6.45) is -0.409. The van der Waals surface area contributed by atoms with Gasteiger partial charge in [-0.15, -0.1) is 22.7 Å². The number of hydrogen-bond donors (Lipinski definition) is 2. The van der Waals surface area contributed by atoms with Crippen LogP contribution in [0.5, 0.6) is 0 Å². The van der Waals surface area contributed by atoms with Crippen molar-refractivity contribution in [1.29, 1.82) is 0 Å². The van der Waals surface area contributed by atoms with E-state index in [9.17, 15) is 5.11 Å². The van der Waals surface area contributed by atoms with Crippen molar-refractivity contribution in [2.24, 2.45) is 0 Å². The Morgan fingerprint density at radius 2 is 2.38 bits per heavy atom. The highest BCUT2D eigenvalue weighted by Gasteiger charge is 2.08. The first-order valence-corrected chi connectivity index (χ1v) is 6.84. The molecule has 0 aliphatic carbocycles. The zero-order valence-electron chi connectivity index (χ0n) is 9.01. The molecule has 3 nitrogen and oxygen atoms in total. The molecule has 1 unspecified atom stereocenters. The van der Waals surface area contributed by atoms with Crippen LogP contribution in [0.25, 0.3) is 0 Å². The third-order valence-corrected chi connectivity index (χ3v) is 4.25. The van der Waals surface area contributed by atoms with E-state index in [1.54, 1.807) is 22.7 Å². The first-order chi connectivity index (χ1) is 7.77. The molecule has 2 heterocycles. The van der Waals surface area contributed by atoms with Gasteiger partial charge in [-0.3, -0.25) is 0 Å². The third-order valence-electron chi connectivity index (χ3n) is 2.34. The molecular formula is C11H14N2OS2. The summed E-state index contributed by atoms with van der Waals surface area (Å²) in [5, 5.41) is 15.1. The van der Waals surface area contributed by atoms with Crippen LogP contribution in [0.1, 0.15) is 21.6 Å². The molecule has 2 aromatic rings. The monoisotopic (exact) mass is 254 g/mol. The smallest absolute Gasteiger partial charge is 0.101 e. The molecule has 0 saturated carbocycles. The molecule has 2 aromatic heterocycles. The van der Waals surface area contributed by atoms with Crippen molar-refractivity contribution in [3.8, 4) is 0 Å². The highest BCUT2D eigenvalue weighted by atomic mass is 32.1. The van der Waals surface area contributed by atoms with E-state index >= 15 is 0 Å². The molecule has 0 radical (unpaired) electrons. The maximum atomic E-state index is 9.84. The van der Waals surface area contributed by atoms with Gasteiger partial charge in [0.1, 0.15) is 6.10 Å². The average molecular weight is 254 g/mol. The number of hydrogen-bond acceptors (Lipinski definition) is 5. The second-order valence-electron chi connectivity index (χ2n) is 3.52. The number of thiazole rings is 1. The van der Waals surface area contributed by atoms with Gasteiger partial charge >= 0.3 is 0 Å². The Labute approximate surface area is 103 Å². The lowest BCUT2D eigenvalue weighted by atomic mass is 10.3. The molecule has 0 spiro atoms. The Balaban J connectivity index is 1.78. The fourth-order valence-electron chi connectivity index (χ4n) is 1.40. The van der Waals surface area contributed by atoms with Crippen LogP contribution < -0.4 is 5.32 Å². The number of nitrogens with one attached hydrogen (secondary N) is 1. The summed E-state index contributed by atoms with van der Waals surface area (Å²) in [6, 6.07) is 3.91. The number of rotatable bonds is 5. The minimum absolute atomic E-state index is 0.409. The van der Waals surface area contributed by atoms with Crippen LogP contribution in [-0.2, 0) is 6.54 Å². The number of thiophene rings is 1. The number of nitrogens with zero attached hydrogens (tertiary/aromatic N) is 1. The lowest BCUT2D eigenvalue weighted by Crippen LogP contribution is -2.20. The highest BCUT2D eigenvalue weighted by molar-refractivity contribution is 7.10. The second kappa shape index (κ2) is 5.54. The first kappa shape index (κ1) is 11.7. The normalized spacial score (nSPS) is 12.9. The van der Waals surface area contributed by atoms with Gasteiger partial charge in [0, 0.05) is 22.8 Å². The molecule has 0 aromatic carbocycles. The van der Waals surface area contributed by atoms with Gasteiger partial charge < -0.3 is 10.4 Å². The Hall–Kier alpha value is -0.750. The van der Waals surface area contributed by atoms with E-state index < -0.39 is 6.10 Å². The van der Waals surface area contributed by atoms with Crippen molar-refractivity contribution in [2.45, 2.75) is 19.6 Å². The summed E-state index contributed by atoms with van der Waals surface area (Å²) in [6.45, 7) is 3.36. The van der Waals surface area contributed by atoms with E-state index in [1.165, 1.54) is 4.88 Å². The van der Waals surface area contributed by atoms with Crippen molar-refractivity contribution >= 4 is 22.7 Å². The molecule has 0 bridgehead atoms. The van der Waals surface area contributed by atoms with E-state index in [4.69, 9.17) is 0 Å². The van der Waals surface area contributed by atoms with Crippen molar-refractivity contribution in [3.05, 3.63) is 38.5 Å². The second-order valence-corrected chi connectivity index (χ2v) is 5.44. The Morgan fingerprint density at radius 3 is 3.00 bits per heavy atom. The lowest BCUT2D eigenvalue weighted by Gasteiger charge is -2.09. The molecule has 2 N–H and O–H groups in total. The van der Waals surface area contributed by atoms with Gasteiger partial charge in [0.05, 0.1) is 11.2 Å². The molecule has 0 amide bonds. The molecule has 0 aliphatic heterocycles. The van der Waals surface area contributed by atoms with E-state index in [1.807, 2.05) is 29.9 Å². The van der Waals surface area contributed by atoms with E-state index in [0.29, 0.717) is 6.54 Å². The summed E-state index contributed by atoms with van der Waals surface area (Å²) in [7, 11) is 0. The summed E-state index contributed by atoms with van der Waals surface area (Å²) in [5.41, 5.74) is 2.92. The predicted molar refractivity (Wildman–Crippen MR) is 67.8 cm³/mol. The molecule has 2 rings (SSSR count). The molecule has 1 atom stereocenters. The largest absolute Gasteiger partial charge is 0.386 e. The van der Waals surface area contributed by atoms with Gasteiger partial charge in [-0.1, -0.05) is 6.07 Å². The van der Waals surface area contributed by atoms with Crippen molar-refractivity contribution in [1.82, 2.24) is 10.3 Å². The molecule has 16 heavy (non-hydrogen) atoms. The molecule has 0 saturated heterocycles. The number of aliphatic hydroxyl groups excluding tert-OH is 1. The topological polar surface area (TPSA) is 45.2 Å². The minimum atomic E-state index is -0.409. The molecule has 5 heteroatoms. The Bertz CT molecular complexity index is 425. The van der Waals surface area contributed by atoms with Crippen LogP contribution in [0.2, 0.25) is 0 Å². The van der Waals surface area contributed by atoms with E-state index in [-0.39, 0.29) is 0 Å².